The van der Waals surface area contributed by atoms with E-state index in [1.807, 2.05) is 37.0 Å². The van der Waals surface area contributed by atoms with Crippen molar-refractivity contribution in [2.24, 2.45) is 12.0 Å². The van der Waals surface area contributed by atoms with Gasteiger partial charge < -0.3 is 24.4 Å². The molecule has 0 saturated carbocycles. The van der Waals surface area contributed by atoms with E-state index in [4.69, 9.17) is 19.2 Å². The molecular weight excluding hydrogens is 370 g/mol. The van der Waals surface area contributed by atoms with E-state index in [-0.39, 0.29) is 6.79 Å². The van der Waals surface area contributed by atoms with E-state index in [1.165, 1.54) is 5.56 Å². The molecule has 0 aliphatic carbocycles. The maximum atomic E-state index is 5.81. The van der Waals surface area contributed by atoms with Crippen molar-refractivity contribution in [1.82, 2.24) is 20.0 Å². The number of ether oxygens (including phenoxy) is 3. The average Bonchev–Trinajstić information content (AvgIpc) is 3.29. The summed E-state index contributed by atoms with van der Waals surface area (Å²) in [5.74, 6) is 3.45. The van der Waals surface area contributed by atoms with E-state index >= 15 is 0 Å². The number of aliphatic imine (C=N–C) groups is 1. The van der Waals surface area contributed by atoms with Crippen LogP contribution in [0.4, 0.5) is 0 Å². The Morgan fingerprint density at radius 1 is 1.34 bits per heavy atom. The van der Waals surface area contributed by atoms with Gasteiger partial charge in [0, 0.05) is 45.0 Å². The first-order valence-corrected chi connectivity index (χ1v) is 10.0. The Kier molecular flexibility index (Phi) is 6.85. The number of nitrogens with one attached hydrogen (secondary N) is 1. The van der Waals surface area contributed by atoms with Crippen LogP contribution in [-0.4, -0.2) is 54.2 Å². The van der Waals surface area contributed by atoms with Crippen LogP contribution in [0.5, 0.6) is 17.2 Å². The number of nitrogens with zero attached hydrogens (tertiary/aromatic N) is 4. The third-order valence-corrected chi connectivity index (χ3v) is 4.55. The largest absolute Gasteiger partial charge is 0.492 e. The van der Waals surface area contributed by atoms with Crippen molar-refractivity contribution in [2.75, 3.05) is 33.5 Å². The molecule has 0 atom stereocenters. The molecule has 8 nitrogen and oxygen atoms in total. The second-order valence-electron chi connectivity index (χ2n) is 7.32. The lowest BCUT2D eigenvalue weighted by Gasteiger charge is -2.22. The zero-order chi connectivity index (χ0) is 20.8. The SMILES string of the molecule is CCNC(=NCCOc1ccc2c(c1)OCO2)N(C)Cc1cn(C)nc1C(C)C. The summed E-state index contributed by atoms with van der Waals surface area (Å²) in [5, 5.41) is 7.94. The van der Waals surface area contributed by atoms with E-state index in [9.17, 15) is 0 Å². The summed E-state index contributed by atoms with van der Waals surface area (Å²) in [6, 6.07) is 5.59. The number of benzene rings is 1. The maximum absolute atomic E-state index is 5.81. The number of aryl methyl sites for hydroxylation is 1. The third kappa shape index (κ3) is 5.34. The molecule has 1 aromatic heterocycles. The minimum absolute atomic E-state index is 0.261. The third-order valence-electron chi connectivity index (χ3n) is 4.55. The van der Waals surface area contributed by atoms with Gasteiger partial charge >= 0.3 is 0 Å². The minimum Gasteiger partial charge on any atom is -0.492 e. The van der Waals surface area contributed by atoms with Crippen molar-refractivity contribution in [3.8, 4) is 17.2 Å². The summed E-state index contributed by atoms with van der Waals surface area (Å²) in [6.45, 7) is 9.23. The van der Waals surface area contributed by atoms with E-state index in [1.54, 1.807) is 0 Å². The molecule has 1 N–H and O–H groups in total. The van der Waals surface area contributed by atoms with Crippen LogP contribution in [0.3, 0.4) is 0 Å². The normalized spacial score (nSPS) is 13.1. The van der Waals surface area contributed by atoms with Crippen LogP contribution in [0.1, 0.15) is 37.9 Å². The van der Waals surface area contributed by atoms with Crippen LogP contribution in [0.2, 0.25) is 0 Å². The fraction of sp³-hybridized carbons (Fsp3) is 0.524. The highest BCUT2D eigenvalue weighted by molar-refractivity contribution is 5.79. The summed E-state index contributed by atoms with van der Waals surface area (Å²) in [4.78, 5) is 6.82. The first-order valence-electron chi connectivity index (χ1n) is 10.0. The number of fused-ring (bicyclic) bond motifs is 1. The molecule has 2 heterocycles. The van der Waals surface area contributed by atoms with Gasteiger partial charge in [0.1, 0.15) is 12.4 Å². The molecule has 0 radical (unpaired) electrons. The van der Waals surface area contributed by atoms with Gasteiger partial charge in [-0.2, -0.15) is 5.10 Å². The van der Waals surface area contributed by atoms with Gasteiger partial charge in [0.15, 0.2) is 17.5 Å². The van der Waals surface area contributed by atoms with Crippen LogP contribution in [-0.2, 0) is 13.6 Å². The van der Waals surface area contributed by atoms with E-state index in [0.29, 0.717) is 19.1 Å². The zero-order valence-electron chi connectivity index (χ0n) is 17.9. The fourth-order valence-corrected chi connectivity index (χ4v) is 3.24. The molecule has 1 aromatic carbocycles. The van der Waals surface area contributed by atoms with Crippen LogP contribution < -0.4 is 19.5 Å². The smallest absolute Gasteiger partial charge is 0.231 e. The average molecular weight is 402 g/mol. The highest BCUT2D eigenvalue weighted by atomic mass is 16.7. The Morgan fingerprint density at radius 2 is 2.14 bits per heavy atom. The molecule has 0 fully saturated rings. The zero-order valence-corrected chi connectivity index (χ0v) is 17.9. The summed E-state index contributed by atoms with van der Waals surface area (Å²) in [5.41, 5.74) is 2.34. The maximum Gasteiger partial charge on any atom is 0.231 e. The van der Waals surface area contributed by atoms with Crippen molar-refractivity contribution in [3.63, 3.8) is 0 Å². The van der Waals surface area contributed by atoms with Crippen LogP contribution in [0.25, 0.3) is 0 Å². The lowest BCUT2D eigenvalue weighted by Crippen LogP contribution is -2.39. The molecule has 0 bridgehead atoms. The van der Waals surface area contributed by atoms with Gasteiger partial charge in [-0.3, -0.25) is 4.68 Å². The first-order chi connectivity index (χ1) is 14.0. The van der Waals surface area contributed by atoms with Gasteiger partial charge in [-0.25, -0.2) is 4.99 Å². The molecular formula is C21H31N5O3. The second kappa shape index (κ2) is 9.54. The van der Waals surface area contributed by atoms with Crippen LogP contribution >= 0.6 is 0 Å². The first kappa shape index (κ1) is 20.8. The van der Waals surface area contributed by atoms with Gasteiger partial charge in [-0.15, -0.1) is 0 Å². The highest BCUT2D eigenvalue weighted by Crippen LogP contribution is 2.35. The fourth-order valence-electron chi connectivity index (χ4n) is 3.24. The Hall–Kier alpha value is -2.90. The Morgan fingerprint density at radius 3 is 2.90 bits per heavy atom. The van der Waals surface area contributed by atoms with Crippen molar-refractivity contribution < 1.29 is 14.2 Å². The summed E-state index contributed by atoms with van der Waals surface area (Å²) in [6.07, 6.45) is 2.08. The number of hydrogen-bond acceptors (Lipinski definition) is 5. The highest BCUT2D eigenvalue weighted by Gasteiger charge is 2.15. The van der Waals surface area contributed by atoms with E-state index in [2.05, 4.69) is 42.3 Å². The molecule has 8 heteroatoms. The Bertz CT molecular complexity index is 847. The lowest BCUT2D eigenvalue weighted by molar-refractivity contribution is 0.173. The molecule has 2 aromatic rings. The monoisotopic (exact) mass is 401 g/mol. The summed E-state index contributed by atoms with van der Waals surface area (Å²) >= 11 is 0. The summed E-state index contributed by atoms with van der Waals surface area (Å²) in [7, 11) is 4.00. The molecule has 0 spiro atoms. The number of rotatable bonds is 8. The molecule has 1 aliphatic rings. The van der Waals surface area contributed by atoms with Crippen LogP contribution in [0.15, 0.2) is 29.4 Å². The second-order valence-corrected chi connectivity index (χ2v) is 7.32. The predicted octanol–water partition coefficient (Wildman–Crippen LogP) is 2.75. The molecule has 0 unspecified atom stereocenters. The number of guanidine groups is 1. The van der Waals surface area contributed by atoms with Gasteiger partial charge in [0.05, 0.1) is 12.2 Å². The molecule has 0 amide bonds. The topological polar surface area (TPSA) is 73.1 Å². The molecule has 158 valence electrons. The Balaban J connectivity index is 1.57. The lowest BCUT2D eigenvalue weighted by atomic mass is 10.1. The van der Waals surface area contributed by atoms with Gasteiger partial charge in [0.2, 0.25) is 6.79 Å². The molecule has 29 heavy (non-hydrogen) atoms. The molecule has 3 rings (SSSR count). The minimum atomic E-state index is 0.261. The van der Waals surface area contributed by atoms with Crippen molar-refractivity contribution in [2.45, 2.75) is 33.2 Å². The molecule has 0 saturated heterocycles. The van der Waals surface area contributed by atoms with Crippen molar-refractivity contribution in [3.05, 3.63) is 35.7 Å². The van der Waals surface area contributed by atoms with Crippen molar-refractivity contribution >= 4 is 5.96 Å². The van der Waals surface area contributed by atoms with Crippen LogP contribution in [0, 0.1) is 0 Å². The van der Waals surface area contributed by atoms with E-state index < -0.39 is 0 Å². The number of hydrogen-bond donors (Lipinski definition) is 1. The predicted molar refractivity (Wildman–Crippen MR) is 113 cm³/mol. The van der Waals surface area contributed by atoms with Crippen molar-refractivity contribution in [1.29, 1.82) is 0 Å². The quantitative estimate of drug-likeness (QED) is 0.417. The molecule has 1 aliphatic heterocycles. The van der Waals surface area contributed by atoms with E-state index in [0.717, 1.165) is 42.0 Å². The number of aromatic nitrogens is 2. The summed E-state index contributed by atoms with van der Waals surface area (Å²) < 4.78 is 18.4. The Labute approximate surface area is 172 Å². The van der Waals surface area contributed by atoms with Gasteiger partial charge in [-0.05, 0) is 25.0 Å². The van der Waals surface area contributed by atoms with Gasteiger partial charge in [0.25, 0.3) is 0 Å². The standard InChI is InChI=1S/C21H31N5O3/c1-6-22-21(25(4)12-16-13-26(5)24-20(16)15(2)3)23-9-10-27-17-7-8-18-19(11-17)29-14-28-18/h7-8,11,13,15H,6,9-10,12,14H2,1-5H3,(H,22,23). The van der Waals surface area contributed by atoms with Gasteiger partial charge in [-0.1, -0.05) is 13.8 Å².